The highest BCUT2D eigenvalue weighted by Gasteiger charge is 2.36. The van der Waals surface area contributed by atoms with E-state index >= 15 is 0 Å². The maximum absolute atomic E-state index is 13.6. The molecule has 0 atom stereocenters. The fraction of sp³-hybridized carbons (Fsp3) is 0.0400. The molecule has 4 rings (SSSR count). The van der Waals surface area contributed by atoms with Gasteiger partial charge in [0.15, 0.2) is 0 Å². The second-order valence-electron chi connectivity index (χ2n) is 6.85. The van der Waals surface area contributed by atoms with Gasteiger partial charge in [0.2, 0.25) is 0 Å². The van der Waals surface area contributed by atoms with Crippen molar-refractivity contribution in [2.75, 3.05) is 0 Å². The summed E-state index contributed by atoms with van der Waals surface area (Å²) >= 11 is 0. The van der Waals surface area contributed by atoms with Gasteiger partial charge in [-0.15, -0.1) is 0 Å². The van der Waals surface area contributed by atoms with E-state index in [2.05, 4.69) is 0 Å². The third-order valence-electron chi connectivity index (χ3n) is 4.91. The minimum atomic E-state index is -4.83. The van der Waals surface area contributed by atoms with Gasteiger partial charge < -0.3 is 0 Å². The first kappa shape index (κ1) is 20.2. The summed E-state index contributed by atoms with van der Waals surface area (Å²) in [5.41, 5.74) is -0.640. The molecule has 0 aliphatic heterocycles. The van der Waals surface area contributed by atoms with Gasteiger partial charge in [-0.2, -0.15) is 18.4 Å². The molecule has 3 aromatic carbocycles. The lowest BCUT2D eigenvalue weighted by Crippen LogP contribution is -2.27. The van der Waals surface area contributed by atoms with Crippen molar-refractivity contribution in [1.82, 2.24) is 4.57 Å². The monoisotopic (exact) mass is 416 g/mol. The van der Waals surface area contributed by atoms with Crippen LogP contribution in [0.4, 0.5) is 13.2 Å². The second kappa shape index (κ2) is 7.96. The number of benzene rings is 3. The van der Waals surface area contributed by atoms with Gasteiger partial charge in [-0.3, -0.25) is 9.36 Å². The van der Waals surface area contributed by atoms with E-state index < -0.39 is 22.9 Å². The maximum atomic E-state index is 13.6. The van der Waals surface area contributed by atoms with Crippen LogP contribution in [0.2, 0.25) is 0 Å². The van der Waals surface area contributed by atoms with Crippen LogP contribution in [0.25, 0.3) is 28.1 Å². The normalized spacial score (nSPS) is 11.2. The zero-order chi connectivity index (χ0) is 22.0. The molecular weight excluding hydrogens is 401 g/mol. The summed E-state index contributed by atoms with van der Waals surface area (Å²) in [5, 5.41) is 9.36. The Bertz CT molecular complexity index is 1340. The van der Waals surface area contributed by atoms with Gasteiger partial charge in [-0.25, -0.2) is 0 Å². The van der Waals surface area contributed by atoms with Crippen LogP contribution in [0.5, 0.6) is 0 Å². The Morgan fingerprint density at radius 2 is 1.32 bits per heavy atom. The molecule has 1 heterocycles. The minimum Gasteiger partial charge on any atom is -0.276 e. The number of rotatable bonds is 3. The largest absolute Gasteiger partial charge is 0.417 e. The van der Waals surface area contributed by atoms with Crippen LogP contribution in [0.1, 0.15) is 11.1 Å². The summed E-state index contributed by atoms with van der Waals surface area (Å²) in [6.07, 6.45) is -4.83. The van der Waals surface area contributed by atoms with Gasteiger partial charge in [-0.05, 0) is 34.9 Å². The number of alkyl halides is 3. The van der Waals surface area contributed by atoms with E-state index in [-0.39, 0.29) is 5.69 Å². The molecule has 0 spiro atoms. The smallest absolute Gasteiger partial charge is 0.276 e. The number of nitrogens with zero attached hydrogens (tertiary/aromatic N) is 2. The van der Waals surface area contributed by atoms with Gasteiger partial charge in [0.25, 0.3) is 5.56 Å². The first-order valence-corrected chi connectivity index (χ1v) is 9.39. The molecule has 31 heavy (non-hydrogen) atoms. The van der Waals surface area contributed by atoms with Crippen molar-refractivity contribution >= 4 is 0 Å². The Balaban J connectivity index is 2.05. The Kier molecular flexibility index (Phi) is 5.18. The van der Waals surface area contributed by atoms with E-state index in [0.29, 0.717) is 11.3 Å². The van der Waals surface area contributed by atoms with E-state index in [1.807, 2.05) is 36.4 Å². The number of halogens is 3. The van der Waals surface area contributed by atoms with E-state index in [0.717, 1.165) is 21.8 Å². The van der Waals surface area contributed by atoms with Gasteiger partial charge in [-0.1, -0.05) is 72.8 Å². The van der Waals surface area contributed by atoms with Crippen LogP contribution in [0.3, 0.4) is 0 Å². The van der Waals surface area contributed by atoms with Crippen LogP contribution in [-0.2, 0) is 6.18 Å². The van der Waals surface area contributed by atoms with Crippen LogP contribution >= 0.6 is 0 Å². The van der Waals surface area contributed by atoms with Crippen molar-refractivity contribution in [2.24, 2.45) is 0 Å². The molecule has 0 amide bonds. The Morgan fingerprint density at radius 1 is 0.742 bits per heavy atom. The third-order valence-corrected chi connectivity index (χ3v) is 4.91. The molecule has 4 aromatic rings. The summed E-state index contributed by atoms with van der Waals surface area (Å²) in [6, 6.07) is 27.0. The lowest BCUT2D eigenvalue weighted by molar-refractivity contribution is -0.137. The van der Waals surface area contributed by atoms with Crippen molar-refractivity contribution in [3.05, 3.63) is 112 Å². The number of pyridine rings is 1. The molecule has 0 saturated heterocycles. The highest BCUT2D eigenvalue weighted by molar-refractivity contribution is 5.69. The summed E-state index contributed by atoms with van der Waals surface area (Å²) in [5.74, 6) is 0. The zero-order valence-corrected chi connectivity index (χ0v) is 16.1. The fourth-order valence-electron chi connectivity index (χ4n) is 3.47. The minimum absolute atomic E-state index is 0.0575. The number of nitriles is 1. The summed E-state index contributed by atoms with van der Waals surface area (Å²) < 4.78 is 42.1. The molecule has 0 saturated carbocycles. The Labute approximate surface area is 176 Å². The van der Waals surface area contributed by atoms with E-state index in [1.54, 1.807) is 48.5 Å². The molecule has 0 aliphatic rings. The van der Waals surface area contributed by atoms with E-state index in [1.165, 1.54) is 6.07 Å². The van der Waals surface area contributed by atoms with Crippen molar-refractivity contribution in [3.8, 4) is 34.1 Å². The number of hydrogen-bond acceptors (Lipinski definition) is 2. The molecule has 3 nitrogen and oxygen atoms in total. The molecule has 0 unspecified atom stereocenters. The Hall–Kier alpha value is -4.11. The molecule has 0 fully saturated rings. The molecule has 0 aliphatic carbocycles. The molecule has 0 radical (unpaired) electrons. The second-order valence-corrected chi connectivity index (χ2v) is 6.85. The van der Waals surface area contributed by atoms with E-state index in [9.17, 15) is 23.2 Å². The van der Waals surface area contributed by atoms with Crippen molar-refractivity contribution in [2.45, 2.75) is 6.18 Å². The fourth-order valence-corrected chi connectivity index (χ4v) is 3.47. The Morgan fingerprint density at radius 3 is 1.90 bits per heavy atom. The van der Waals surface area contributed by atoms with Gasteiger partial charge in [0.1, 0.15) is 11.6 Å². The standard InChI is InChI=1S/C25H15F3N2O/c26-25(27,28)22-15-23(18-10-5-2-6-11-18)30(24(31)21(22)16-29)20-13-7-12-19(14-20)17-8-3-1-4-9-17/h1-15H. The molecule has 6 heteroatoms. The lowest BCUT2D eigenvalue weighted by atomic mass is 10.0. The van der Waals surface area contributed by atoms with Crippen LogP contribution in [0.15, 0.2) is 95.8 Å². The number of hydrogen-bond donors (Lipinski definition) is 0. The highest BCUT2D eigenvalue weighted by atomic mass is 19.4. The average Bonchev–Trinajstić information content (AvgIpc) is 2.79. The quantitative estimate of drug-likeness (QED) is 0.407. The zero-order valence-electron chi connectivity index (χ0n) is 16.1. The average molecular weight is 416 g/mol. The molecule has 0 bridgehead atoms. The van der Waals surface area contributed by atoms with Crippen LogP contribution in [0, 0.1) is 11.3 Å². The highest BCUT2D eigenvalue weighted by Crippen LogP contribution is 2.34. The van der Waals surface area contributed by atoms with Crippen LogP contribution in [-0.4, -0.2) is 4.57 Å². The summed E-state index contributed by atoms with van der Waals surface area (Å²) in [4.78, 5) is 13.2. The van der Waals surface area contributed by atoms with Crippen molar-refractivity contribution < 1.29 is 13.2 Å². The van der Waals surface area contributed by atoms with Gasteiger partial charge >= 0.3 is 6.18 Å². The predicted octanol–water partition coefficient (Wildman–Crippen LogP) is 6.06. The molecule has 1 aromatic heterocycles. The molecule has 0 N–H and O–H groups in total. The summed E-state index contributed by atoms with van der Waals surface area (Å²) in [6.45, 7) is 0. The first-order valence-electron chi connectivity index (χ1n) is 9.39. The molecular formula is C25H15F3N2O. The topological polar surface area (TPSA) is 45.8 Å². The first-order chi connectivity index (χ1) is 14.9. The van der Waals surface area contributed by atoms with Gasteiger partial charge in [0, 0.05) is 5.69 Å². The summed E-state index contributed by atoms with van der Waals surface area (Å²) in [7, 11) is 0. The van der Waals surface area contributed by atoms with Crippen LogP contribution < -0.4 is 5.56 Å². The maximum Gasteiger partial charge on any atom is 0.417 e. The predicted molar refractivity (Wildman–Crippen MR) is 113 cm³/mol. The number of aromatic nitrogens is 1. The van der Waals surface area contributed by atoms with Gasteiger partial charge in [0.05, 0.1) is 11.3 Å². The van der Waals surface area contributed by atoms with E-state index in [4.69, 9.17) is 0 Å². The van der Waals surface area contributed by atoms with Crippen molar-refractivity contribution in [3.63, 3.8) is 0 Å². The SMILES string of the molecule is N#Cc1c(C(F)(F)F)cc(-c2ccccc2)n(-c2cccc(-c3ccccc3)c2)c1=O. The molecule has 152 valence electrons. The lowest BCUT2D eigenvalue weighted by Gasteiger charge is -2.18. The van der Waals surface area contributed by atoms with Crippen molar-refractivity contribution in [1.29, 1.82) is 5.26 Å². The third kappa shape index (κ3) is 3.86.